The van der Waals surface area contributed by atoms with E-state index in [1.807, 2.05) is 12.1 Å². The Balaban J connectivity index is 2.24. The molecule has 0 N–H and O–H groups in total. The van der Waals surface area contributed by atoms with Gasteiger partial charge in [-0.15, -0.1) is 11.3 Å². The number of hydrogen-bond acceptors (Lipinski definition) is 3. The Labute approximate surface area is 99.0 Å². The normalized spacial score (nSPS) is 10.7. The number of rotatable bonds is 3. The van der Waals surface area contributed by atoms with Gasteiger partial charge < -0.3 is 4.42 Å². The predicted molar refractivity (Wildman–Crippen MR) is 62.3 cm³/mol. The van der Waals surface area contributed by atoms with Gasteiger partial charge in [0.05, 0.1) is 15.4 Å². The molecule has 0 aromatic carbocycles. The van der Waals surface area contributed by atoms with Gasteiger partial charge in [0.15, 0.2) is 11.7 Å². The Morgan fingerprint density at radius 2 is 2.36 bits per heavy atom. The summed E-state index contributed by atoms with van der Waals surface area (Å²) < 4.78 is 6.30. The molecule has 0 amide bonds. The van der Waals surface area contributed by atoms with E-state index in [1.165, 1.54) is 11.3 Å². The molecular formula is C9H7BrClNOS. The van der Waals surface area contributed by atoms with Crippen LogP contribution in [0.2, 0.25) is 4.34 Å². The lowest BCUT2D eigenvalue weighted by Crippen LogP contribution is -1.82. The van der Waals surface area contributed by atoms with Crippen molar-refractivity contribution in [1.29, 1.82) is 0 Å². The topological polar surface area (TPSA) is 26.0 Å². The number of oxazole rings is 1. The van der Waals surface area contributed by atoms with Crippen molar-refractivity contribution in [2.75, 3.05) is 5.33 Å². The van der Waals surface area contributed by atoms with Crippen LogP contribution in [0.1, 0.15) is 5.89 Å². The maximum absolute atomic E-state index is 5.83. The van der Waals surface area contributed by atoms with Crippen molar-refractivity contribution in [3.05, 3.63) is 28.6 Å². The van der Waals surface area contributed by atoms with Crippen molar-refractivity contribution in [2.45, 2.75) is 6.42 Å². The molecule has 0 saturated carbocycles. The Kier molecular flexibility index (Phi) is 3.26. The molecule has 5 heteroatoms. The highest BCUT2D eigenvalue weighted by Gasteiger charge is 2.07. The molecule has 2 aromatic heterocycles. The average Bonchev–Trinajstić information content (AvgIpc) is 2.74. The number of alkyl halides is 1. The summed E-state index contributed by atoms with van der Waals surface area (Å²) in [6.07, 6.45) is 2.54. The van der Waals surface area contributed by atoms with Crippen molar-refractivity contribution in [3.8, 4) is 10.6 Å². The highest BCUT2D eigenvalue weighted by atomic mass is 79.9. The molecule has 0 bridgehead atoms. The van der Waals surface area contributed by atoms with Crippen molar-refractivity contribution in [2.24, 2.45) is 0 Å². The van der Waals surface area contributed by atoms with E-state index in [9.17, 15) is 0 Å². The summed E-state index contributed by atoms with van der Waals surface area (Å²) >= 11 is 10.7. The third-order valence-electron chi connectivity index (χ3n) is 1.68. The maximum atomic E-state index is 5.83. The Morgan fingerprint density at radius 3 is 3.00 bits per heavy atom. The minimum absolute atomic E-state index is 0.751. The molecule has 0 spiro atoms. The summed E-state index contributed by atoms with van der Waals surface area (Å²) in [5.41, 5.74) is 0. The van der Waals surface area contributed by atoms with E-state index < -0.39 is 0 Å². The van der Waals surface area contributed by atoms with E-state index in [1.54, 1.807) is 6.20 Å². The summed E-state index contributed by atoms with van der Waals surface area (Å²) in [6, 6.07) is 3.79. The number of aromatic nitrogens is 1. The molecule has 0 fully saturated rings. The van der Waals surface area contributed by atoms with E-state index in [4.69, 9.17) is 16.0 Å². The second kappa shape index (κ2) is 4.47. The fraction of sp³-hybridized carbons (Fsp3) is 0.222. The predicted octanol–water partition coefficient (Wildman–Crippen LogP) is 3.99. The SMILES string of the molecule is Clc1ccc(-c2cnc(CCBr)o2)s1. The Morgan fingerprint density at radius 1 is 1.50 bits per heavy atom. The molecule has 2 aromatic rings. The fourth-order valence-electron chi connectivity index (χ4n) is 1.07. The summed E-state index contributed by atoms with van der Waals surface area (Å²) in [6.45, 7) is 0. The number of nitrogens with zero attached hydrogens (tertiary/aromatic N) is 1. The largest absolute Gasteiger partial charge is 0.440 e. The van der Waals surface area contributed by atoms with Crippen LogP contribution in [0.5, 0.6) is 0 Å². The first kappa shape index (κ1) is 10.2. The highest BCUT2D eigenvalue weighted by molar-refractivity contribution is 9.09. The van der Waals surface area contributed by atoms with Crippen LogP contribution in [0.25, 0.3) is 10.6 Å². The molecule has 0 saturated heterocycles. The zero-order chi connectivity index (χ0) is 9.97. The number of hydrogen-bond donors (Lipinski definition) is 0. The molecule has 2 heterocycles. The van der Waals surface area contributed by atoms with Gasteiger partial charge in [0.1, 0.15) is 0 Å². The van der Waals surface area contributed by atoms with Crippen molar-refractivity contribution < 1.29 is 4.42 Å². The van der Waals surface area contributed by atoms with E-state index in [0.29, 0.717) is 0 Å². The van der Waals surface area contributed by atoms with Crippen LogP contribution < -0.4 is 0 Å². The summed E-state index contributed by atoms with van der Waals surface area (Å²) in [5.74, 6) is 1.54. The minimum Gasteiger partial charge on any atom is -0.440 e. The monoisotopic (exact) mass is 291 g/mol. The van der Waals surface area contributed by atoms with Crippen LogP contribution in [0.3, 0.4) is 0 Å². The van der Waals surface area contributed by atoms with Crippen molar-refractivity contribution >= 4 is 38.9 Å². The van der Waals surface area contributed by atoms with Gasteiger partial charge in [-0.05, 0) is 12.1 Å². The van der Waals surface area contributed by atoms with Crippen molar-refractivity contribution in [3.63, 3.8) is 0 Å². The third kappa shape index (κ3) is 2.19. The van der Waals surface area contributed by atoms with E-state index >= 15 is 0 Å². The van der Waals surface area contributed by atoms with Crippen LogP contribution in [0.15, 0.2) is 22.7 Å². The van der Waals surface area contributed by atoms with Gasteiger partial charge in [-0.3, -0.25) is 0 Å². The number of thiophene rings is 1. The molecule has 2 nitrogen and oxygen atoms in total. The van der Waals surface area contributed by atoms with E-state index in [-0.39, 0.29) is 0 Å². The second-order valence-electron chi connectivity index (χ2n) is 2.66. The zero-order valence-electron chi connectivity index (χ0n) is 7.17. The van der Waals surface area contributed by atoms with Gasteiger partial charge in [-0.25, -0.2) is 4.98 Å². The first-order valence-corrected chi connectivity index (χ1v) is 6.37. The highest BCUT2D eigenvalue weighted by Crippen LogP contribution is 2.31. The smallest absolute Gasteiger partial charge is 0.195 e. The molecular weight excluding hydrogens is 286 g/mol. The van der Waals surface area contributed by atoms with Gasteiger partial charge >= 0.3 is 0 Å². The summed E-state index contributed by atoms with van der Waals surface area (Å²) in [7, 11) is 0. The second-order valence-corrected chi connectivity index (χ2v) is 5.17. The molecule has 0 aliphatic carbocycles. The standard InChI is InChI=1S/C9H7BrClNOS/c10-4-3-9-12-5-6(13-9)7-1-2-8(11)14-7/h1-2,5H,3-4H2. The minimum atomic E-state index is 0.751. The molecule has 0 aliphatic heterocycles. The zero-order valence-corrected chi connectivity index (χ0v) is 10.3. The molecule has 0 atom stereocenters. The average molecular weight is 293 g/mol. The Bertz CT molecular complexity index is 426. The van der Waals surface area contributed by atoms with Gasteiger partial charge in [0.2, 0.25) is 0 Å². The van der Waals surface area contributed by atoms with Crippen LogP contribution in [-0.4, -0.2) is 10.3 Å². The van der Waals surface area contributed by atoms with E-state index in [2.05, 4.69) is 20.9 Å². The number of aryl methyl sites for hydroxylation is 1. The summed E-state index contributed by atoms with van der Waals surface area (Å²) in [5, 5.41) is 0.859. The third-order valence-corrected chi connectivity index (χ3v) is 3.32. The van der Waals surface area contributed by atoms with Gasteiger partial charge in [0.25, 0.3) is 0 Å². The lowest BCUT2D eigenvalue weighted by atomic mass is 10.4. The first-order chi connectivity index (χ1) is 6.79. The lowest BCUT2D eigenvalue weighted by Gasteiger charge is -1.89. The van der Waals surface area contributed by atoms with Gasteiger partial charge in [0, 0.05) is 11.8 Å². The quantitative estimate of drug-likeness (QED) is 0.799. The van der Waals surface area contributed by atoms with Crippen LogP contribution in [0.4, 0.5) is 0 Å². The maximum Gasteiger partial charge on any atom is 0.195 e. The van der Waals surface area contributed by atoms with Crippen LogP contribution in [0, 0.1) is 0 Å². The molecule has 0 unspecified atom stereocenters. The molecule has 74 valence electrons. The lowest BCUT2D eigenvalue weighted by molar-refractivity contribution is 0.516. The number of halogens is 2. The molecule has 0 aliphatic rings. The van der Waals surface area contributed by atoms with Gasteiger partial charge in [-0.2, -0.15) is 0 Å². The van der Waals surface area contributed by atoms with Crippen LogP contribution in [-0.2, 0) is 6.42 Å². The first-order valence-electron chi connectivity index (χ1n) is 4.06. The molecule has 0 radical (unpaired) electrons. The van der Waals surface area contributed by atoms with Gasteiger partial charge in [-0.1, -0.05) is 27.5 Å². The van der Waals surface area contributed by atoms with Crippen molar-refractivity contribution in [1.82, 2.24) is 4.98 Å². The van der Waals surface area contributed by atoms with Crippen LogP contribution >= 0.6 is 38.9 Å². The Hall–Kier alpha value is -0.320. The summed E-state index contributed by atoms with van der Waals surface area (Å²) in [4.78, 5) is 5.18. The van der Waals surface area contributed by atoms with E-state index in [0.717, 1.165) is 32.6 Å². The molecule has 2 rings (SSSR count). The fourth-order valence-corrected chi connectivity index (χ4v) is 2.40. The molecule has 14 heavy (non-hydrogen) atoms.